The maximum Gasteiger partial charge on any atom is 0.260 e. The number of amides is 1. The van der Waals surface area contributed by atoms with Crippen LogP contribution in [-0.4, -0.2) is 48.4 Å². The predicted molar refractivity (Wildman–Crippen MR) is 73.2 cm³/mol. The number of piperidine rings is 1. The number of nitrogens with zero attached hydrogens (tertiary/aromatic N) is 3. The van der Waals surface area contributed by atoms with Crippen LogP contribution in [0.15, 0.2) is 11.4 Å². The second kappa shape index (κ2) is 5.80. The summed E-state index contributed by atoms with van der Waals surface area (Å²) >= 11 is 0. The monoisotopic (exact) mass is 301 g/mol. The number of nitrogens with one attached hydrogen (secondary N) is 1. The van der Waals surface area contributed by atoms with E-state index >= 15 is 0 Å². The molecule has 0 bridgehead atoms. The van der Waals surface area contributed by atoms with Crippen LogP contribution < -0.4 is 10.5 Å². The summed E-state index contributed by atoms with van der Waals surface area (Å²) in [5.74, 6) is -0.292. The van der Waals surface area contributed by atoms with Crippen LogP contribution >= 0.6 is 0 Å². The molecule has 0 unspecified atom stereocenters. The van der Waals surface area contributed by atoms with Crippen LogP contribution in [0.25, 0.3) is 0 Å². The lowest BCUT2D eigenvalue weighted by Crippen LogP contribution is -2.42. The van der Waals surface area contributed by atoms with Crippen molar-refractivity contribution in [2.24, 2.45) is 7.05 Å². The molecule has 0 spiro atoms. The van der Waals surface area contributed by atoms with E-state index < -0.39 is 10.0 Å². The molecule has 3 N–H and O–H groups in total. The van der Waals surface area contributed by atoms with Crippen molar-refractivity contribution in [2.75, 3.05) is 25.4 Å². The highest BCUT2D eigenvalue weighted by Crippen LogP contribution is 2.15. The van der Waals surface area contributed by atoms with Gasteiger partial charge in [-0.05, 0) is 19.3 Å². The molecule has 1 aromatic rings. The molecule has 8 nitrogen and oxygen atoms in total. The van der Waals surface area contributed by atoms with Gasteiger partial charge in [0.25, 0.3) is 10.0 Å². The lowest BCUT2D eigenvalue weighted by atomic mass is 10.1. The maximum absolute atomic E-state index is 12.1. The van der Waals surface area contributed by atoms with Crippen LogP contribution in [0.1, 0.15) is 19.3 Å². The molecule has 1 saturated heterocycles. The molecule has 20 heavy (non-hydrogen) atoms. The Bertz CT molecular complexity index is 570. The van der Waals surface area contributed by atoms with Crippen molar-refractivity contribution in [3.63, 3.8) is 0 Å². The van der Waals surface area contributed by atoms with E-state index in [1.165, 1.54) is 17.9 Å². The molecule has 2 heterocycles. The van der Waals surface area contributed by atoms with Crippen LogP contribution in [0.4, 0.5) is 5.82 Å². The summed E-state index contributed by atoms with van der Waals surface area (Å²) in [6.45, 7) is 1.12. The topological polar surface area (TPSA) is 110 Å². The van der Waals surface area contributed by atoms with E-state index in [4.69, 9.17) is 5.73 Å². The summed E-state index contributed by atoms with van der Waals surface area (Å²) in [6.07, 6.45) is 4.36. The third kappa shape index (κ3) is 3.10. The first kappa shape index (κ1) is 14.8. The zero-order valence-corrected chi connectivity index (χ0v) is 12.2. The lowest BCUT2D eigenvalue weighted by molar-refractivity contribution is -0.130. The molecule has 0 atom stereocenters. The molecule has 2 rings (SSSR count). The average Bonchev–Trinajstić information content (AvgIpc) is 2.77. The number of carbonyl (C=O) groups excluding carboxylic acids is 1. The number of hydrogen-bond acceptors (Lipinski definition) is 5. The molecule has 0 radical (unpaired) electrons. The first-order chi connectivity index (χ1) is 9.42. The third-order valence-electron chi connectivity index (χ3n) is 3.29. The van der Waals surface area contributed by atoms with E-state index in [1.54, 1.807) is 4.90 Å². The molecule has 1 aromatic heterocycles. The Morgan fingerprint density at radius 3 is 2.60 bits per heavy atom. The molecule has 0 aromatic carbocycles. The van der Waals surface area contributed by atoms with Gasteiger partial charge in [0.1, 0.15) is 0 Å². The van der Waals surface area contributed by atoms with Gasteiger partial charge in [0.05, 0.1) is 12.9 Å². The summed E-state index contributed by atoms with van der Waals surface area (Å²) in [5.41, 5.74) is 5.53. The van der Waals surface area contributed by atoms with Gasteiger partial charge in [-0.25, -0.2) is 18.1 Å². The fraction of sp³-hybridized carbons (Fsp3) is 0.636. The number of hydrogen-bond donors (Lipinski definition) is 2. The third-order valence-corrected chi connectivity index (χ3v) is 4.82. The van der Waals surface area contributed by atoms with E-state index in [1.807, 2.05) is 0 Å². The quantitative estimate of drug-likeness (QED) is 0.763. The Morgan fingerprint density at radius 2 is 2.05 bits per heavy atom. The van der Waals surface area contributed by atoms with Gasteiger partial charge in [0.2, 0.25) is 5.91 Å². The highest BCUT2D eigenvalue weighted by Gasteiger charge is 2.24. The molecule has 0 aliphatic carbocycles. The Morgan fingerprint density at radius 1 is 1.40 bits per heavy atom. The number of aromatic nitrogens is 2. The average molecular weight is 301 g/mol. The Labute approximate surface area is 118 Å². The summed E-state index contributed by atoms with van der Waals surface area (Å²) in [5, 5.41) is -0.121. The van der Waals surface area contributed by atoms with E-state index in [2.05, 4.69) is 9.71 Å². The molecule has 1 aliphatic rings. The van der Waals surface area contributed by atoms with E-state index in [0.29, 0.717) is 13.1 Å². The van der Waals surface area contributed by atoms with Gasteiger partial charge in [0, 0.05) is 20.1 Å². The van der Waals surface area contributed by atoms with Crippen molar-refractivity contribution in [1.82, 2.24) is 19.2 Å². The summed E-state index contributed by atoms with van der Waals surface area (Å²) < 4.78 is 27.8. The van der Waals surface area contributed by atoms with Crippen molar-refractivity contribution in [2.45, 2.75) is 24.3 Å². The summed E-state index contributed by atoms with van der Waals surface area (Å²) in [7, 11) is -2.30. The van der Waals surface area contributed by atoms with Crippen molar-refractivity contribution in [3.05, 3.63) is 6.33 Å². The smallest absolute Gasteiger partial charge is 0.260 e. The molecule has 0 saturated carbocycles. The highest BCUT2D eigenvalue weighted by atomic mass is 32.2. The van der Waals surface area contributed by atoms with E-state index in [0.717, 1.165) is 19.3 Å². The number of likely N-dealkylation sites (tertiary alicyclic amines) is 1. The molecule has 1 amide bonds. The number of rotatable bonds is 4. The number of aryl methyl sites for hydroxylation is 1. The first-order valence-corrected chi connectivity index (χ1v) is 7.94. The van der Waals surface area contributed by atoms with Crippen molar-refractivity contribution < 1.29 is 13.2 Å². The van der Waals surface area contributed by atoms with Crippen LogP contribution in [0.5, 0.6) is 0 Å². The molecule has 112 valence electrons. The lowest BCUT2D eigenvalue weighted by Gasteiger charge is -2.26. The van der Waals surface area contributed by atoms with Crippen LogP contribution in [0.2, 0.25) is 0 Å². The number of anilines is 1. The number of sulfonamides is 1. The molecule has 1 aliphatic heterocycles. The maximum atomic E-state index is 12.1. The minimum absolute atomic E-state index is 0.0783. The number of imidazole rings is 1. The summed E-state index contributed by atoms with van der Waals surface area (Å²) in [4.78, 5) is 17.3. The molecule has 9 heteroatoms. The molecule has 1 fully saturated rings. The normalized spacial score (nSPS) is 16.4. The molecular weight excluding hydrogens is 282 g/mol. The minimum atomic E-state index is -3.83. The minimum Gasteiger partial charge on any atom is -0.381 e. The van der Waals surface area contributed by atoms with E-state index in [9.17, 15) is 13.2 Å². The highest BCUT2D eigenvalue weighted by molar-refractivity contribution is 7.89. The second-order valence-corrected chi connectivity index (χ2v) is 6.49. The van der Waals surface area contributed by atoms with Gasteiger partial charge in [-0.15, -0.1) is 0 Å². The van der Waals surface area contributed by atoms with Gasteiger partial charge < -0.3 is 15.2 Å². The molecular formula is C11H19N5O3S. The number of nitrogen functional groups attached to an aromatic ring is 1. The first-order valence-electron chi connectivity index (χ1n) is 6.46. The Balaban J connectivity index is 2.01. The predicted octanol–water partition coefficient (Wildman–Crippen LogP) is -0.707. The standard InChI is InChI=1S/C11H19N5O3S/c1-15-8-13-10(12)11(15)20(18,19)14-7-9(17)16-5-3-2-4-6-16/h8,14H,2-7,12H2,1H3. The fourth-order valence-corrected chi connectivity index (χ4v) is 3.45. The number of carbonyl (C=O) groups is 1. The van der Waals surface area contributed by atoms with Gasteiger partial charge in [0.15, 0.2) is 10.8 Å². The fourth-order valence-electron chi connectivity index (χ4n) is 2.24. The van der Waals surface area contributed by atoms with Crippen molar-refractivity contribution in [3.8, 4) is 0 Å². The largest absolute Gasteiger partial charge is 0.381 e. The van der Waals surface area contributed by atoms with Crippen LogP contribution in [0, 0.1) is 0 Å². The van der Waals surface area contributed by atoms with Crippen molar-refractivity contribution in [1.29, 1.82) is 0 Å². The Kier molecular flexibility index (Phi) is 4.29. The SMILES string of the molecule is Cn1cnc(N)c1S(=O)(=O)NCC(=O)N1CCCCC1. The van der Waals surface area contributed by atoms with Gasteiger partial charge >= 0.3 is 0 Å². The number of nitrogens with two attached hydrogens (primary N) is 1. The van der Waals surface area contributed by atoms with E-state index in [-0.39, 0.29) is 23.3 Å². The second-order valence-electron chi connectivity index (χ2n) is 4.81. The van der Waals surface area contributed by atoms with Gasteiger partial charge in [-0.1, -0.05) is 0 Å². The van der Waals surface area contributed by atoms with Gasteiger partial charge in [-0.2, -0.15) is 0 Å². The zero-order valence-electron chi connectivity index (χ0n) is 11.4. The van der Waals surface area contributed by atoms with Crippen LogP contribution in [0.3, 0.4) is 0 Å². The van der Waals surface area contributed by atoms with Crippen LogP contribution in [-0.2, 0) is 21.9 Å². The van der Waals surface area contributed by atoms with Crippen molar-refractivity contribution >= 4 is 21.7 Å². The zero-order chi connectivity index (χ0) is 14.8. The Hall–Kier alpha value is -1.61. The summed E-state index contributed by atoms with van der Waals surface area (Å²) in [6, 6.07) is 0. The van der Waals surface area contributed by atoms with Gasteiger partial charge in [-0.3, -0.25) is 4.79 Å².